The van der Waals surface area contributed by atoms with Crippen LogP contribution < -0.4 is 20.3 Å². The van der Waals surface area contributed by atoms with Crippen molar-refractivity contribution >= 4 is 17.4 Å². The summed E-state index contributed by atoms with van der Waals surface area (Å²) in [4.78, 5) is 14.3. The SMILES string of the molecule is CCN(CC)c1ccc(NC(=O)NCCOc2c(C)cc(C)cc2C)cc1. The van der Waals surface area contributed by atoms with Gasteiger partial charge in [-0.25, -0.2) is 4.79 Å². The molecule has 2 aromatic carbocycles. The van der Waals surface area contributed by atoms with E-state index in [1.807, 2.05) is 38.1 Å². The number of anilines is 2. The van der Waals surface area contributed by atoms with Gasteiger partial charge in [0.2, 0.25) is 0 Å². The summed E-state index contributed by atoms with van der Waals surface area (Å²) in [7, 11) is 0. The summed E-state index contributed by atoms with van der Waals surface area (Å²) in [6, 6.07) is 11.9. The van der Waals surface area contributed by atoms with Crippen molar-refractivity contribution in [1.29, 1.82) is 0 Å². The van der Waals surface area contributed by atoms with E-state index in [1.54, 1.807) is 0 Å². The third-order valence-electron chi connectivity index (χ3n) is 4.49. The van der Waals surface area contributed by atoms with Gasteiger partial charge < -0.3 is 20.3 Å². The minimum absolute atomic E-state index is 0.230. The minimum atomic E-state index is -0.230. The minimum Gasteiger partial charge on any atom is -0.491 e. The number of nitrogens with zero attached hydrogens (tertiary/aromatic N) is 1. The molecule has 2 aromatic rings. The summed E-state index contributed by atoms with van der Waals surface area (Å²) < 4.78 is 5.84. The lowest BCUT2D eigenvalue weighted by atomic mass is 10.1. The van der Waals surface area contributed by atoms with Gasteiger partial charge in [-0.15, -0.1) is 0 Å². The number of carbonyl (C=O) groups is 1. The molecule has 27 heavy (non-hydrogen) atoms. The van der Waals surface area contributed by atoms with Gasteiger partial charge in [-0.05, 0) is 70.0 Å². The Morgan fingerprint density at radius 3 is 2.15 bits per heavy atom. The molecule has 5 nitrogen and oxygen atoms in total. The fourth-order valence-corrected chi connectivity index (χ4v) is 3.23. The standard InChI is InChI=1S/C22H31N3O2/c1-6-25(7-2)20-10-8-19(9-11-20)24-22(26)23-12-13-27-21-17(4)14-16(3)15-18(21)5/h8-11,14-15H,6-7,12-13H2,1-5H3,(H2,23,24,26). The van der Waals surface area contributed by atoms with E-state index in [4.69, 9.17) is 4.74 Å². The molecule has 2 rings (SSSR count). The molecular weight excluding hydrogens is 338 g/mol. The Morgan fingerprint density at radius 1 is 1.00 bits per heavy atom. The van der Waals surface area contributed by atoms with Crippen LogP contribution in [0.15, 0.2) is 36.4 Å². The third-order valence-corrected chi connectivity index (χ3v) is 4.49. The van der Waals surface area contributed by atoms with Gasteiger partial charge in [0.25, 0.3) is 0 Å². The van der Waals surface area contributed by atoms with Crippen LogP contribution in [0.3, 0.4) is 0 Å². The number of aryl methyl sites for hydroxylation is 3. The first kappa shape index (κ1) is 20.6. The Kier molecular flexibility index (Phi) is 7.53. The number of benzene rings is 2. The van der Waals surface area contributed by atoms with Gasteiger partial charge in [-0.1, -0.05) is 17.7 Å². The number of hydrogen-bond acceptors (Lipinski definition) is 3. The van der Waals surface area contributed by atoms with Gasteiger partial charge in [0, 0.05) is 24.5 Å². The molecule has 0 fully saturated rings. The van der Waals surface area contributed by atoms with Crippen molar-refractivity contribution in [3.63, 3.8) is 0 Å². The normalized spacial score (nSPS) is 10.4. The van der Waals surface area contributed by atoms with E-state index in [9.17, 15) is 4.79 Å². The summed E-state index contributed by atoms with van der Waals surface area (Å²) in [6.45, 7) is 13.2. The van der Waals surface area contributed by atoms with Crippen molar-refractivity contribution in [3.05, 3.63) is 53.1 Å². The smallest absolute Gasteiger partial charge is 0.319 e. The molecule has 0 spiro atoms. The average Bonchev–Trinajstić information content (AvgIpc) is 2.62. The molecular formula is C22H31N3O2. The van der Waals surface area contributed by atoms with Gasteiger partial charge in [0.1, 0.15) is 12.4 Å². The van der Waals surface area contributed by atoms with Crippen LogP contribution in [0.2, 0.25) is 0 Å². The Morgan fingerprint density at radius 2 is 1.59 bits per heavy atom. The molecule has 5 heteroatoms. The summed E-state index contributed by atoms with van der Waals surface area (Å²) in [6.07, 6.45) is 0. The molecule has 0 heterocycles. The molecule has 0 saturated heterocycles. The average molecular weight is 370 g/mol. The zero-order valence-corrected chi connectivity index (χ0v) is 17.1. The highest BCUT2D eigenvalue weighted by Crippen LogP contribution is 2.24. The number of ether oxygens (including phenoxy) is 1. The Labute approximate surface area is 162 Å². The Bertz CT molecular complexity index is 730. The summed E-state index contributed by atoms with van der Waals surface area (Å²) in [5.41, 5.74) is 5.38. The number of amides is 2. The quantitative estimate of drug-likeness (QED) is 0.666. The molecule has 0 unspecified atom stereocenters. The van der Waals surface area contributed by atoms with E-state index in [0.717, 1.165) is 41.3 Å². The van der Waals surface area contributed by atoms with Crippen LogP contribution in [0, 0.1) is 20.8 Å². The Hall–Kier alpha value is -2.69. The summed E-state index contributed by atoms with van der Waals surface area (Å²) in [5.74, 6) is 0.898. The zero-order valence-electron chi connectivity index (χ0n) is 17.1. The third kappa shape index (κ3) is 5.91. The van der Waals surface area contributed by atoms with E-state index in [-0.39, 0.29) is 6.03 Å². The van der Waals surface area contributed by atoms with E-state index in [1.165, 1.54) is 5.56 Å². The number of nitrogens with one attached hydrogen (secondary N) is 2. The van der Waals surface area contributed by atoms with Crippen molar-refractivity contribution in [2.45, 2.75) is 34.6 Å². The molecule has 0 aliphatic heterocycles. The van der Waals surface area contributed by atoms with E-state index in [2.05, 4.69) is 48.4 Å². The fourth-order valence-electron chi connectivity index (χ4n) is 3.23. The van der Waals surface area contributed by atoms with Crippen molar-refractivity contribution in [1.82, 2.24) is 5.32 Å². The van der Waals surface area contributed by atoms with Gasteiger partial charge in [-0.2, -0.15) is 0 Å². The second-order valence-electron chi connectivity index (χ2n) is 6.68. The first-order chi connectivity index (χ1) is 12.9. The number of carbonyl (C=O) groups excluding carboxylic acids is 1. The van der Waals surface area contributed by atoms with Gasteiger partial charge in [-0.3, -0.25) is 0 Å². The van der Waals surface area contributed by atoms with Gasteiger partial charge in [0.15, 0.2) is 0 Å². The molecule has 0 aromatic heterocycles. The lowest BCUT2D eigenvalue weighted by Gasteiger charge is -2.21. The maximum absolute atomic E-state index is 12.0. The largest absolute Gasteiger partial charge is 0.491 e. The second kappa shape index (κ2) is 9.86. The number of hydrogen-bond donors (Lipinski definition) is 2. The molecule has 0 aliphatic carbocycles. The predicted molar refractivity (Wildman–Crippen MR) is 113 cm³/mol. The maximum atomic E-state index is 12.0. The highest BCUT2D eigenvalue weighted by molar-refractivity contribution is 5.89. The molecule has 2 amide bonds. The molecule has 146 valence electrons. The lowest BCUT2D eigenvalue weighted by Crippen LogP contribution is -2.32. The molecule has 0 radical (unpaired) electrons. The van der Waals surface area contributed by atoms with Crippen LogP contribution in [0.5, 0.6) is 5.75 Å². The van der Waals surface area contributed by atoms with E-state index < -0.39 is 0 Å². The van der Waals surface area contributed by atoms with Crippen LogP contribution in [0.1, 0.15) is 30.5 Å². The Balaban J connectivity index is 1.78. The van der Waals surface area contributed by atoms with Gasteiger partial charge >= 0.3 is 6.03 Å². The first-order valence-corrected chi connectivity index (χ1v) is 9.55. The predicted octanol–water partition coefficient (Wildman–Crippen LogP) is 4.66. The van der Waals surface area contributed by atoms with Crippen LogP contribution >= 0.6 is 0 Å². The molecule has 0 atom stereocenters. The molecule has 0 aliphatic rings. The van der Waals surface area contributed by atoms with Crippen LogP contribution in [0.4, 0.5) is 16.2 Å². The number of urea groups is 1. The van der Waals surface area contributed by atoms with E-state index >= 15 is 0 Å². The fraction of sp³-hybridized carbons (Fsp3) is 0.409. The molecule has 2 N–H and O–H groups in total. The van der Waals surface area contributed by atoms with Crippen molar-refractivity contribution in [3.8, 4) is 5.75 Å². The van der Waals surface area contributed by atoms with Crippen LogP contribution in [-0.4, -0.2) is 32.3 Å². The van der Waals surface area contributed by atoms with Crippen LogP contribution in [0.25, 0.3) is 0 Å². The van der Waals surface area contributed by atoms with Crippen molar-refractivity contribution in [2.24, 2.45) is 0 Å². The summed E-state index contributed by atoms with van der Waals surface area (Å²) >= 11 is 0. The first-order valence-electron chi connectivity index (χ1n) is 9.55. The topological polar surface area (TPSA) is 53.6 Å². The van der Waals surface area contributed by atoms with Crippen LogP contribution in [-0.2, 0) is 0 Å². The van der Waals surface area contributed by atoms with Gasteiger partial charge in [0.05, 0.1) is 6.54 Å². The summed E-state index contributed by atoms with van der Waals surface area (Å²) in [5, 5.41) is 5.67. The monoisotopic (exact) mass is 369 g/mol. The molecule has 0 saturated carbocycles. The molecule has 0 bridgehead atoms. The highest BCUT2D eigenvalue weighted by Gasteiger charge is 2.06. The van der Waals surface area contributed by atoms with Crippen molar-refractivity contribution < 1.29 is 9.53 Å². The second-order valence-corrected chi connectivity index (χ2v) is 6.68. The lowest BCUT2D eigenvalue weighted by molar-refractivity contribution is 0.247. The van der Waals surface area contributed by atoms with Crippen molar-refractivity contribution in [2.75, 3.05) is 36.5 Å². The van der Waals surface area contributed by atoms with E-state index in [0.29, 0.717) is 13.2 Å². The zero-order chi connectivity index (χ0) is 19.8. The highest BCUT2D eigenvalue weighted by atomic mass is 16.5. The maximum Gasteiger partial charge on any atom is 0.319 e. The number of rotatable bonds is 8.